The summed E-state index contributed by atoms with van der Waals surface area (Å²) in [5.74, 6) is 1.15. The molecule has 0 unspecified atom stereocenters. The smallest absolute Gasteiger partial charge is 0.270 e. The summed E-state index contributed by atoms with van der Waals surface area (Å²) in [6.45, 7) is 2.55. The van der Waals surface area contributed by atoms with Crippen LogP contribution < -0.4 is 0 Å². The highest BCUT2D eigenvalue weighted by Crippen LogP contribution is 2.05. The molecule has 0 aromatic rings. The normalized spacial score (nSPS) is 17.2. The fourth-order valence-electron chi connectivity index (χ4n) is 1.80. The van der Waals surface area contributed by atoms with E-state index in [1.54, 1.807) is 0 Å². The average Bonchev–Trinajstić information content (AvgIpc) is 2.04. The maximum atomic E-state index is 8.66. The van der Waals surface area contributed by atoms with Gasteiger partial charge < -0.3 is 0 Å². The van der Waals surface area contributed by atoms with E-state index in [9.17, 15) is 0 Å². The van der Waals surface area contributed by atoms with Gasteiger partial charge in [-0.1, -0.05) is 0 Å². The summed E-state index contributed by atoms with van der Waals surface area (Å²) in [6.07, 6.45) is 1.13. The van der Waals surface area contributed by atoms with Crippen molar-refractivity contribution >= 4 is 5.96 Å². The van der Waals surface area contributed by atoms with Gasteiger partial charge in [-0.25, -0.2) is 0 Å². The molecule has 0 amide bonds. The molecule has 1 aliphatic rings. The van der Waals surface area contributed by atoms with Crippen LogP contribution in [0.3, 0.4) is 0 Å². The predicted octanol–water partition coefficient (Wildman–Crippen LogP) is -0.224. The molecule has 1 rings (SSSR count). The molecule has 0 aliphatic carbocycles. The third-order valence-electron chi connectivity index (χ3n) is 2.21. The average molecular weight is 181 g/mol. The Bertz CT molecular complexity index is 247. The molecule has 1 saturated heterocycles. The van der Waals surface area contributed by atoms with E-state index in [1.165, 1.54) is 0 Å². The Kier molecular flexibility index (Phi) is 3.13. The molecule has 0 aromatic heterocycles. The van der Waals surface area contributed by atoms with Gasteiger partial charge in [-0.2, -0.15) is 5.26 Å². The summed E-state index contributed by atoms with van der Waals surface area (Å²) >= 11 is 0. The van der Waals surface area contributed by atoms with E-state index in [4.69, 9.17) is 5.26 Å². The van der Waals surface area contributed by atoms with E-state index in [-0.39, 0.29) is 0 Å². The number of nitrogens with zero attached hydrogens (tertiary/aromatic N) is 4. The van der Waals surface area contributed by atoms with Crippen LogP contribution >= 0.6 is 0 Å². The molecule has 0 bridgehead atoms. The van der Waals surface area contributed by atoms with Crippen LogP contribution in [0.2, 0.25) is 0 Å². The van der Waals surface area contributed by atoms with Gasteiger partial charge in [0.25, 0.3) is 0 Å². The molecule has 72 valence electrons. The third-order valence-corrected chi connectivity index (χ3v) is 2.21. The van der Waals surface area contributed by atoms with E-state index in [0.29, 0.717) is 6.54 Å². The van der Waals surface area contributed by atoms with Gasteiger partial charge in [0.15, 0.2) is 6.54 Å². The molecule has 1 fully saturated rings. The van der Waals surface area contributed by atoms with Crippen molar-refractivity contribution in [2.24, 2.45) is 0 Å². The Hall–Kier alpha value is -1.24. The van der Waals surface area contributed by atoms with Gasteiger partial charge in [0.1, 0.15) is 6.07 Å². The van der Waals surface area contributed by atoms with E-state index < -0.39 is 0 Å². The summed E-state index contributed by atoms with van der Waals surface area (Å²) in [4.78, 5) is 4.31. The van der Waals surface area contributed by atoms with E-state index in [1.807, 2.05) is 14.1 Å². The fourth-order valence-corrected chi connectivity index (χ4v) is 1.80. The van der Waals surface area contributed by atoms with Crippen molar-refractivity contribution < 1.29 is 4.58 Å². The summed E-state index contributed by atoms with van der Waals surface area (Å²) < 4.78 is 2.07. The van der Waals surface area contributed by atoms with Crippen LogP contribution in [0.25, 0.3) is 0 Å². The molecule has 1 heterocycles. The molecule has 0 spiro atoms. The second kappa shape index (κ2) is 4.13. The third kappa shape index (κ3) is 2.11. The van der Waals surface area contributed by atoms with E-state index in [2.05, 4.69) is 27.5 Å². The van der Waals surface area contributed by atoms with E-state index >= 15 is 0 Å². The van der Waals surface area contributed by atoms with Crippen LogP contribution in [-0.2, 0) is 0 Å². The van der Waals surface area contributed by atoms with Crippen LogP contribution in [-0.4, -0.2) is 61.1 Å². The molecule has 0 atom stereocenters. The van der Waals surface area contributed by atoms with Crippen LogP contribution in [0.4, 0.5) is 0 Å². The maximum Gasteiger partial charge on any atom is 0.350 e. The number of rotatable bonds is 1. The number of nitriles is 1. The first-order chi connectivity index (χ1) is 6.16. The molecule has 0 aromatic carbocycles. The highest BCUT2D eigenvalue weighted by Gasteiger charge is 2.28. The quantitative estimate of drug-likeness (QED) is 0.414. The van der Waals surface area contributed by atoms with Gasteiger partial charge in [0, 0.05) is 6.42 Å². The Balaban J connectivity index is 2.82. The standard InChI is InChI=1S/C9H17N4/c1-11(2)9-12(3)6-4-7-13(9)8-5-10/h4,6-8H2,1-3H3/q+1. The first-order valence-electron chi connectivity index (χ1n) is 4.54. The van der Waals surface area contributed by atoms with Crippen molar-refractivity contribution in [1.82, 2.24) is 9.80 Å². The molecule has 4 nitrogen and oxygen atoms in total. The Morgan fingerprint density at radius 1 is 1.46 bits per heavy atom. The SMILES string of the molecule is CN1CCCN(CC#N)C1=[N+](C)C. The molecule has 0 radical (unpaired) electrons. The second-order valence-electron chi connectivity index (χ2n) is 3.55. The fraction of sp³-hybridized carbons (Fsp3) is 0.778. The molecular weight excluding hydrogens is 164 g/mol. The first-order valence-corrected chi connectivity index (χ1v) is 4.54. The van der Waals surface area contributed by atoms with Crippen molar-refractivity contribution in [1.29, 1.82) is 5.26 Å². The van der Waals surface area contributed by atoms with Crippen molar-refractivity contribution in [2.75, 3.05) is 40.8 Å². The van der Waals surface area contributed by atoms with E-state index in [0.717, 1.165) is 25.5 Å². The minimum absolute atomic E-state index is 0.484. The van der Waals surface area contributed by atoms with Gasteiger partial charge >= 0.3 is 5.96 Å². The van der Waals surface area contributed by atoms with Crippen molar-refractivity contribution in [3.63, 3.8) is 0 Å². The van der Waals surface area contributed by atoms with Crippen molar-refractivity contribution in [3.05, 3.63) is 0 Å². The Morgan fingerprint density at radius 2 is 2.15 bits per heavy atom. The van der Waals surface area contributed by atoms with Crippen LogP contribution in [0.15, 0.2) is 0 Å². The van der Waals surface area contributed by atoms with Crippen molar-refractivity contribution in [3.8, 4) is 6.07 Å². The van der Waals surface area contributed by atoms with Gasteiger partial charge in [-0.05, 0) is 0 Å². The molecular formula is C9H17N4+. The van der Waals surface area contributed by atoms with Gasteiger partial charge in [-0.3, -0.25) is 14.4 Å². The highest BCUT2D eigenvalue weighted by molar-refractivity contribution is 5.75. The lowest BCUT2D eigenvalue weighted by atomic mass is 10.3. The lowest BCUT2D eigenvalue weighted by Gasteiger charge is -2.29. The second-order valence-corrected chi connectivity index (χ2v) is 3.55. The zero-order valence-corrected chi connectivity index (χ0v) is 8.62. The number of hydrogen-bond donors (Lipinski definition) is 0. The molecule has 1 aliphatic heterocycles. The highest BCUT2D eigenvalue weighted by atomic mass is 15.4. The topological polar surface area (TPSA) is 33.3 Å². The predicted molar refractivity (Wildman–Crippen MR) is 51.5 cm³/mol. The summed E-state index contributed by atoms with van der Waals surface area (Å²) in [6, 6.07) is 2.19. The van der Waals surface area contributed by atoms with Crippen LogP contribution in [0.5, 0.6) is 0 Å². The van der Waals surface area contributed by atoms with Crippen LogP contribution in [0, 0.1) is 11.3 Å². The molecule has 0 saturated carbocycles. The summed E-state index contributed by atoms with van der Waals surface area (Å²) in [5.41, 5.74) is 0. The summed E-state index contributed by atoms with van der Waals surface area (Å²) in [7, 11) is 6.10. The lowest BCUT2D eigenvalue weighted by molar-refractivity contribution is -0.476. The van der Waals surface area contributed by atoms with Gasteiger partial charge in [0.2, 0.25) is 0 Å². The van der Waals surface area contributed by atoms with Gasteiger partial charge in [-0.15, -0.1) is 0 Å². The summed E-state index contributed by atoms with van der Waals surface area (Å²) in [5, 5.41) is 8.66. The lowest BCUT2D eigenvalue weighted by Crippen LogP contribution is -2.52. The minimum Gasteiger partial charge on any atom is -0.270 e. The minimum atomic E-state index is 0.484. The Labute approximate surface area is 79.7 Å². The molecule has 0 N–H and O–H groups in total. The van der Waals surface area contributed by atoms with Crippen LogP contribution in [0.1, 0.15) is 6.42 Å². The zero-order valence-electron chi connectivity index (χ0n) is 8.62. The number of hydrogen-bond acceptors (Lipinski definition) is 1. The monoisotopic (exact) mass is 181 g/mol. The zero-order chi connectivity index (χ0) is 9.84. The first kappa shape index (κ1) is 9.85. The number of guanidine groups is 1. The largest absolute Gasteiger partial charge is 0.350 e. The molecule has 13 heavy (non-hydrogen) atoms. The maximum absolute atomic E-state index is 8.66. The van der Waals surface area contributed by atoms with Gasteiger partial charge in [0.05, 0.1) is 34.2 Å². The molecule has 4 heteroatoms. The Morgan fingerprint density at radius 3 is 2.69 bits per heavy atom. The van der Waals surface area contributed by atoms with Crippen molar-refractivity contribution in [2.45, 2.75) is 6.42 Å².